The summed E-state index contributed by atoms with van der Waals surface area (Å²) in [6, 6.07) is 9.65. The Hall–Kier alpha value is -1.99. The number of anilines is 1. The van der Waals surface area contributed by atoms with Gasteiger partial charge in [0.25, 0.3) is 0 Å². The predicted molar refractivity (Wildman–Crippen MR) is 111 cm³/mol. The number of hydrogen-bond donors (Lipinski definition) is 1. The maximum atomic E-state index is 12.5. The molecular weight excluding hydrogens is 380 g/mol. The van der Waals surface area contributed by atoms with E-state index in [-0.39, 0.29) is 18.4 Å². The fourth-order valence-electron chi connectivity index (χ4n) is 2.93. The van der Waals surface area contributed by atoms with Gasteiger partial charge in [-0.2, -0.15) is 0 Å². The number of rotatable bonds is 8. The highest BCUT2D eigenvalue weighted by Gasteiger charge is 2.28. The Bertz CT molecular complexity index is 819. The normalized spacial score (nSPS) is 13.4. The number of aryl methyl sites for hydroxylation is 1. The van der Waals surface area contributed by atoms with Crippen molar-refractivity contribution in [1.29, 1.82) is 0 Å². The Morgan fingerprint density at radius 3 is 2.93 bits per heavy atom. The van der Waals surface area contributed by atoms with Crippen LogP contribution < -0.4 is 15.0 Å². The first kappa shape index (κ1) is 19.8. The molecule has 0 aliphatic carbocycles. The van der Waals surface area contributed by atoms with Gasteiger partial charge in [-0.15, -0.1) is 23.1 Å². The molecule has 0 radical (unpaired) electrons. The smallest absolute Gasteiger partial charge is 0.240 e. The minimum absolute atomic E-state index is 0.0141. The van der Waals surface area contributed by atoms with Gasteiger partial charge in [-0.1, -0.05) is 31.5 Å². The van der Waals surface area contributed by atoms with Gasteiger partial charge in [0.15, 0.2) is 0 Å². The molecule has 3 rings (SSSR count). The molecule has 0 bridgehead atoms. The molecule has 1 aromatic heterocycles. The van der Waals surface area contributed by atoms with Gasteiger partial charge < -0.3 is 15.0 Å². The third-order valence-corrected chi connectivity index (χ3v) is 6.84. The SMILES string of the molecule is CCCCc1cc2c(s1)SCC(=O)N2CC(=O)NCc1ccccc1OC. The summed E-state index contributed by atoms with van der Waals surface area (Å²) in [4.78, 5) is 27.8. The second kappa shape index (κ2) is 9.28. The molecule has 144 valence electrons. The largest absolute Gasteiger partial charge is 0.496 e. The van der Waals surface area contributed by atoms with Crippen molar-refractivity contribution >= 4 is 40.6 Å². The third-order valence-electron chi connectivity index (χ3n) is 4.40. The van der Waals surface area contributed by atoms with Gasteiger partial charge in [0.05, 0.1) is 22.8 Å². The van der Waals surface area contributed by atoms with Crippen molar-refractivity contribution < 1.29 is 14.3 Å². The Balaban J connectivity index is 1.65. The molecule has 2 aromatic rings. The summed E-state index contributed by atoms with van der Waals surface area (Å²) in [6.45, 7) is 2.59. The highest BCUT2D eigenvalue weighted by atomic mass is 32.2. The number of unbranched alkanes of at least 4 members (excludes halogenated alkanes) is 1. The van der Waals surface area contributed by atoms with Gasteiger partial charge in [0, 0.05) is 17.0 Å². The van der Waals surface area contributed by atoms with E-state index in [4.69, 9.17) is 4.74 Å². The van der Waals surface area contributed by atoms with Crippen molar-refractivity contribution in [2.24, 2.45) is 0 Å². The number of thiophene rings is 1. The molecular formula is C20H24N2O3S2. The van der Waals surface area contributed by atoms with Crippen LogP contribution in [-0.2, 0) is 22.6 Å². The zero-order chi connectivity index (χ0) is 19.2. The summed E-state index contributed by atoms with van der Waals surface area (Å²) < 4.78 is 6.45. The van der Waals surface area contributed by atoms with Crippen LogP contribution in [0.3, 0.4) is 0 Å². The fourth-order valence-corrected chi connectivity index (χ4v) is 5.32. The van der Waals surface area contributed by atoms with Crippen LogP contribution in [0.2, 0.25) is 0 Å². The lowest BCUT2D eigenvalue weighted by molar-refractivity contribution is -0.123. The van der Waals surface area contributed by atoms with E-state index in [1.54, 1.807) is 35.1 Å². The number of thioether (sulfide) groups is 1. The average molecular weight is 405 g/mol. The Kier molecular flexibility index (Phi) is 6.79. The highest BCUT2D eigenvalue weighted by molar-refractivity contribution is 8.02. The monoisotopic (exact) mass is 404 g/mol. The number of amides is 2. The number of nitrogens with one attached hydrogen (secondary N) is 1. The molecule has 1 N–H and O–H groups in total. The number of hydrogen-bond acceptors (Lipinski definition) is 5. The molecule has 7 heteroatoms. The fraction of sp³-hybridized carbons (Fsp3) is 0.400. The van der Waals surface area contributed by atoms with Crippen LogP contribution in [0.1, 0.15) is 30.2 Å². The van der Waals surface area contributed by atoms with Crippen LogP contribution in [0.25, 0.3) is 0 Å². The third kappa shape index (κ3) is 4.84. The van der Waals surface area contributed by atoms with Gasteiger partial charge in [-0.05, 0) is 25.0 Å². The Morgan fingerprint density at radius 2 is 2.15 bits per heavy atom. The number of ether oxygens (including phenoxy) is 1. The number of para-hydroxylation sites is 1. The van der Waals surface area contributed by atoms with Crippen molar-refractivity contribution in [2.45, 2.75) is 36.9 Å². The summed E-state index contributed by atoms with van der Waals surface area (Å²) in [5.74, 6) is 0.942. The first-order valence-electron chi connectivity index (χ1n) is 9.06. The van der Waals surface area contributed by atoms with E-state index in [0.717, 1.165) is 40.5 Å². The standard InChI is InChI=1S/C20H24N2O3S2/c1-3-4-8-15-10-16-20(27-15)26-13-19(24)22(16)12-18(23)21-11-14-7-5-6-9-17(14)25-2/h5-7,9-10H,3-4,8,11-13H2,1-2H3,(H,21,23). The lowest BCUT2D eigenvalue weighted by atomic mass is 10.2. The molecule has 0 saturated carbocycles. The molecule has 0 spiro atoms. The molecule has 5 nitrogen and oxygen atoms in total. The zero-order valence-electron chi connectivity index (χ0n) is 15.6. The topological polar surface area (TPSA) is 58.6 Å². The average Bonchev–Trinajstić information content (AvgIpc) is 3.10. The summed E-state index contributed by atoms with van der Waals surface area (Å²) in [5.41, 5.74) is 1.80. The summed E-state index contributed by atoms with van der Waals surface area (Å²) >= 11 is 3.32. The highest BCUT2D eigenvalue weighted by Crippen LogP contribution is 2.42. The van der Waals surface area contributed by atoms with Crippen LogP contribution in [0.4, 0.5) is 5.69 Å². The van der Waals surface area contributed by atoms with Crippen LogP contribution in [-0.4, -0.2) is 31.2 Å². The second-order valence-corrected chi connectivity index (χ2v) is 8.73. The maximum absolute atomic E-state index is 12.5. The molecule has 1 aromatic carbocycles. The number of fused-ring (bicyclic) bond motifs is 1. The Morgan fingerprint density at radius 1 is 1.33 bits per heavy atom. The molecule has 0 fully saturated rings. The summed E-state index contributed by atoms with van der Waals surface area (Å²) in [6.07, 6.45) is 3.30. The number of methoxy groups -OCH3 is 1. The Labute approximate surface area is 168 Å². The molecule has 0 unspecified atom stereocenters. The van der Waals surface area contributed by atoms with Crippen molar-refractivity contribution in [3.8, 4) is 5.75 Å². The second-order valence-electron chi connectivity index (χ2n) is 6.35. The van der Waals surface area contributed by atoms with Gasteiger partial charge in [0.2, 0.25) is 11.8 Å². The number of carbonyl (C=O) groups excluding carboxylic acids is 2. The van der Waals surface area contributed by atoms with E-state index in [2.05, 4.69) is 18.3 Å². The number of carbonyl (C=O) groups is 2. The van der Waals surface area contributed by atoms with E-state index >= 15 is 0 Å². The van der Waals surface area contributed by atoms with E-state index < -0.39 is 0 Å². The van der Waals surface area contributed by atoms with E-state index in [1.807, 2.05) is 24.3 Å². The summed E-state index contributed by atoms with van der Waals surface area (Å²) in [7, 11) is 1.61. The molecule has 0 saturated heterocycles. The lowest BCUT2D eigenvalue weighted by Crippen LogP contribution is -2.42. The van der Waals surface area contributed by atoms with Crippen LogP contribution in [0.15, 0.2) is 34.5 Å². The van der Waals surface area contributed by atoms with Gasteiger partial charge in [-0.3, -0.25) is 9.59 Å². The van der Waals surface area contributed by atoms with Gasteiger partial charge in [0.1, 0.15) is 12.3 Å². The van der Waals surface area contributed by atoms with Crippen LogP contribution in [0.5, 0.6) is 5.75 Å². The van der Waals surface area contributed by atoms with Crippen molar-refractivity contribution in [3.63, 3.8) is 0 Å². The van der Waals surface area contributed by atoms with E-state index in [0.29, 0.717) is 12.3 Å². The molecule has 27 heavy (non-hydrogen) atoms. The summed E-state index contributed by atoms with van der Waals surface area (Å²) in [5, 5.41) is 2.90. The first-order chi connectivity index (χ1) is 13.1. The predicted octanol–water partition coefficient (Wildman–Crippen LogP) is 3.85. The maximum Gasteiger partial charge on any atom is 0.240 e. The number of nitrogens with zero attached hydrogens (tertiary/aromatic N) is 1. The number of benzene rings is 1. The molecule has 2 heterocycles. The molecule has 2 amide bonds. The molecule has 1 aliphatic rings. The first-order valence-corrected chi connectivity index (χ1v) is 10.9. The molecule has 0 atom stereocenters. The minimum atomic E-state index is -0.173. The van der Waals surface area contributed by atoms with Crippen molar-refractivity contribution in [2.75, 3.05) is 24.3 Å². The van der Waals surface area contributed by atoms with Gasteiger partial charge >= 0.3 is 0 Å². The van der Waals surface area contributed by atoms with Crippen LogP contribution >= 0.6 is 23.1 Å². The zero-order valence-corrected chi connectivity index (χ0v) is 17.3. The van der Waals surface area contributed by atoms with Crippen molar-refractivity contribution in [1.82, 2.24) is 5.32 Å². The minimum Gasteiger partial charge on any atom is -0.496 e. The molecule has 1 aliphatic heterocycles. The van der Waals surface area contributed by atoms with Crippen LogP contribution in [0, 0.1) is 0 Å². The van der Waals surface area contributed by atoms with E-state index in [1.165, 1.54) is 4.88 Å². The van der Waals surface area contributed by atoms with Crippen molar-refractivity contribution in [3.05, 3.63) is 40.8 Å². The van der Waals surface area contributed by atoms with Gasteiger partial charge in [-0.25, -0.2) is 0 Å². The lowest BCUT2D eigenvalue weighted by Gasteiger charge is -2.26. The van der Waals surface area contributed by atoms with E-state index in [9.17, 15) is 9.59 Å². The quantitative estimate of drug-likeness (QED) is 0.726.